The summed E-state index contributed by atoms with van der Waals surface area (Å²) < 4.78 is 40.2. The molecule has 0 amide bonds. The van der Waals surface area contributed by atoms with Gasteiger partial charge in [-0.25, -0.2) is 23.1 Å². The maximum absolute atomic E-state index is 14.4. The number of anilines is 2. The van der Waals surface area contributed by atoms with E-state index in [1.54, 1.807) is 20.0 Å². The second kappa shape index (κ2) is 7.26. The molecule has 1 aromatic carbocycles. The molecule has 1 aromatic heterocycles. The first-order valence-corrected chi connectivity index (χ1v) is 8.09. The summed E-state index contributed by atoms with van der Waals surface area (Å²) in [5, 5.41) is 9.58. The van der Waals surface area contributed by atoms with Gasteiger partial charge in [-0.2, -0.15) is 0 Å². The molecule has 0 bridgehead atoms. The van der Waals surface area contributed by atoms with Gasteiger partial charge in [-0.1, -0.05) is 18.2 Å². The predicted molar refractivity (Wildman–Crippen MR) is 90.4 cm³/mol. The van der Waals surface area contributed by atoms with Crippen LogP contribution in [0.3, 0.4) is 0 Å². The number of nitrogens with one attached hydrogen (secondary N) is 3. The Bertz CT molecular complexity index is 749. The first-order valence-electron chi connectivity index (χ1n) is 8.09. The molecule has 134 valence electrons. The highest BCUT2D eigenvalue weighted by Crippen LogP contribution is 2.30. The Morgan fingerprint density at radius 2 is 1.96 bits per heavy atom. The van der Waals surface area contributed by atoms with Crippen molar-refractivity contribution in [3.05, 3.63) is 47.2 Å². The second-order valence-electron chi connectivity index (χ2n) is 6.10. The minimum absolute atomic E-state index is 0.172. The minimum Gasteiger partial charge on any atom is -0.376 e. The molecule has 2 heterocycles. The molecule has 1 atom stereocenters. The van der Waals surface area contributed by atoms with Crippen molar-refractivity contribution < 1.29 is 13.2 Å². The van der Waals surface area contributed by atoms with E-state index in [9.17, 15) is 13.2 Å². The molecule has 0 radical (unpaired) electrons. The van der Waals surface area contributed by atoms with Crippen LogP contribution < -0.4 is 16.0 Å². The number of hydrogen-bond donors (Lipinski definition) is 3. The van der Waals surface area contributed by atoms with Crippen LogP contribution in [0.4, 0.5) is 24.7 Å². The quantitative estimate of drug-likeness (QED) is 0.744. The van der Waals surface area contributed by atoms with Gasteiger partial charge in [-0.15, -0.1) is 0 Å². The van der Waals surface area contributed by atoms with Crippen molar-refractivity contribution in [1.82, 2.24) is 15.3 Å². The van der Waals surface area contributed by atoms with Crippen molar-refractivity contribution in [3.8, 4) is 0 Å². The van der Waals surface area contributed by atoms with E-state index in [1.807, 2.05) is 0 Å². The van der Waals surface area contributed by atoms with Crippen molar-refractivity contribution >= 4 is 11.5 Å². The van der Waals surface area contributed by atoms with E-state index < -0.39 is 23.8 Å². The van der Waals surface area contributed by atoms with Crippen LogP contribution in [0.1, 0.15) is 36.3 Å². The van der Waals surface area contributed by atoms with Crippen LogP contribution in [0.5, 0.6) is 0 Å². The first-order chi connectivity index (χ1) is 12.0. The molecular weight excluding hydrogens is 331 g/mol. The highest BCUT2D eigenvalue weighted by atomic mass is 19.3. The Morgan fingerprint density at radius 3 is 2.60 bits per heavy atom. The van der Waals surface area contributed by atoms with Gasteiger partial charge in [0, 0.05) is 18.7 Å². The summed E-state index contributed by atoms with van der Waals surface area (Å²) in [5.74, 6) is 0.198. The highest BCUT2D eigenvalue weighted by Gasteiger charge is 2.22. The van der Waals surface area contributed by atoms with Crippen LogP contribution in [-0.4, -0.2) is 29.1 Å². The number of hydrogen-bond acceptors (Lipinski definition) is 5. The van der Waals surface area contributed by atoms with Gasteiger partial charge in [-0.3, -0.25) is 0 Å². The third-order valence-corrected chi connectivity index (χ3v) is 4.16. The minimum atomic E-state index is -2.85. The number of halogens is 3. The van der Waals surface area contributed by atoms with E-state index in [4.69, 9.17) is 0 Å². The molecule has 3 N–H and O–H groups in total. The van der Waals surface area contributed by atoms with Gasteiger partial charge < -0.3 is 16.0 Å². The molecule has 3 rings (SSSR count). The number of alkyl halides is 2. The molecule has 1 aliphatic rings. The molecule has 1 aliphatic heterocycles. The molecule has 0 unspecified atom stereocenters. The number of aryl methyl sites for hydroxylation is 1. The summed E-state index contributed by atoms with van der Waals surface area (Å²) in [7, 11) is 0. The molecular formula is C17H20F3N5. The van der Waals surface area contributed by atoms with Gasteiger partial charge in [0.25, 0.3) is 6.43 Å². The molecule has 25 heavy (non-hydrogen) atoms. The number of rotatable bonds is 6. The first kappa shape index (κ1) is 17.5. The molecule has 0 spiro atoms. The molecule has 0 saturated carbocycles. The summed E-state index contributed by atoms with van der Waals surface area (Å²) in [6.07, 6.45) is -1.18. The Hall–Kier alpha value is -2.35. The molecule has 5 nitrogen and oxygen atoms in total. The SMILES string of the molecule is Cc1ncc(NC2CNC2)c(N[C@H](C)c2cccc(C(F)F)c2F)n1. The van der Waals surface area contributed by atoms with Crippen molar-refractivity contribution in [3.63, 3.8) is 0 Å². The van der Waals surface area contributed by atoms with E-state index in [0.29, 0.717) is 17.3 Å². The van der Waals surface area contributed by atoms with E-state index in [0.717, 1.165) is 19.2 Å². The molecule has 2 aromatic rings. The molecule has 1 fully saturated rings. The number of nitrogens with zero attached hydrogens (tertiary/aromatic N) is 2. The summed E-state index contributed by atoms with van der Waals surface area (Å²) >= 11 is 0. The molecule has 0 aliphatic carbocycles. The molecule has 1 saturated heterocycles. The largest absolute Gasteiger partial charge is 0.376 e. The molecule has 8 heteroatoms. The van der Waals surface area contributed by atoms with Crippen molar-refractivity contribution in [2.75, 3.05) is 23.7 Å². The fourth-order valence-electron chi connectivity index (χ4n) is 2.65. The Balaban J connectivity index is 1.84. The van der Waals surface area contributed by atoms with E-state index in [2.05, 4.69) is 25.9 Å². The Labute approximate surface area is 144 Å². The number of benzene rings is 1. The topological polar surface area (TPSA) is 61.9 Å². The Morgan fingerprint density at radius 1 is 1.24 bits per heavy atom. The zero-order chi connectivity index (χ0) is 18.0. The van der Waals surface area contributed by atoms with Gasteiger partial charge in [0.1, 0.15) is 11.6 Å². The lowest BCUT2D eigenvalue weighted by atomic mass is 10.0. The van der Waals surface area contributed by atoms with Crippen molar-refractivity contribution in [1.29, 1.82) is 0 Å². The van der Waals surface area contributed by atoms with Gasteiger partial charge in [0.2, 0.25) is 0 Å². The van der Waals surface area contributed by atoms with Crippen LogP contribution in [0.25, 0.3) is 0 Å². The van der Waals surface area contributed by atoms with Gasteiger partial charge >= 0.3 is 0 Å². The maximum Gasteiger partial charge on any atom is 0.266 e. The average molecular weight is 351 g/mol. The number of aromatic nitrogens is 2. The summed E-state index contributed by atoms with van der Waals surface area (Å²) in [6, 6.07) is 3.77. The van der Waals surface area contributed by atoms with Crippen molar-refractivity contribution in [2.24, 2.45) is 0 Å². The Kier molecular flexibility index (Phi) is 5.08. The second-order valence-corrected chi connectivity index (χ2v) is 6.10. The summed E-state index contributed by atoms with van der Waals surface area (Å²) in [4.78, 5) is 8.54. The lowest BCUT2D eigenvalue weighted by Gasteiger charge is -2.30. The third kappa shape index (κ3) is 3.84. The standard InChI is InChI=1S/C17H20F3N5/c1-9(12-4-3-5-13(15(12)18)16(19)20)23-17-14(8-22-10(2)24-17)25-11-6-21-7-11/h3-5,8-9,11,16,21,25H,6-7H2,1-2H3,(H,22,23,24)/t9-/m1/s1. The zero-order valence-electron chi connectivity index (χ0n) is 14.0. The van der Waals surface area contributed by atoms with Gasteiger partial charge in [0.15, 0.2) is 5.82 Å². The van der Waals surface area contributed by atoms with Crippen LogP contribution in [0.15, 0.2) is 24.4 Å². The van der Waals surface area contributed by atoms with E-state index in [-0.39, 0.29) is 11.6 Å². The summed E-state index contributed by atoms with van der Waals surface area (Å²) in [5.41, 5.74) is 0.281. The fraction of sp³-hybridized carbons (Fsp3) is 0.412. The van der Waals surface area contributed by atoms with Crippen LogP contribution in [0.2, 0.25) is 0 Å². The normalized spacial score (nSPS) is 15.8. The smallest absolute Gasteiger partial charge is 0.266 e. The van der Waals surface area contributed by atoms with Gasteiger partial charge in [-0.05, 0) is 13.8 Å². The van der Waals surface area contributed by atoms with E-state index >= 15 is 0 Å². The van der Waals surface area contributed by atoms with Crippen LogP contribution in [0, 0.1) is 12.7 Å². The lowest BCUT2D eigenvalue weighted by molar-refractivity contribution is 0.146. The third-order valence-electron chi connectivity index (χ3n) is 4.16. The van der Waals surface area contributed by atoms with E-state index in [1.165, 1.54) is 12.1 Å². The lowest BCUT2D eigenvalue weighted by Crippen LogP contribution is -2.51. The fourth-order valence-corrected chi connectivity index (χ4v) is 2.65. The summed E-state index contributed by atoms with van der Waals surface area (Å²) in [6.45, 7) is 5.14. The highest BCUT2D eigenvalue weighted by molar-refractivity contribution is 5.64. The van der Waals surface area contributed by atoms with Crippen LogP contribution in [-0.2, 0) is 0 Å². The van der Waals surface area contributed by atoms with Crippen LogP contribution >= 0.6 is 0 Å². The monoisotopic (exact) mass is 351 g/mol. The predicted octanol–water partition coefficient (Wildman–Crippen LogP) is 3.42. The van der Waals surface area contributed by atoms with Gasteiger partial charge in [0.05, 0.1) is 29.5 Å². The maximum atomic E-state index is 14.4. The zero-order valence-corrected chi connectivity index (χ0v) is 14.0. The average Bonchev–Trinajstić information content (AvgIpc) is 2.52. The van der Waals surface area contributed by atoms with Crippen molar-refractivity contribution in [2.45, 2.75) is 32.4 Å².